The molecule has 3 aliphatic rings. The second kappa shape index (κ2) is 13.2. The van der Waals surface area contributed by atoms with Crippen molar-refractivity contribution >= 4 is 0 Å². The van der Waals surface area contributed by atoms with Gasteiger partial charge in [0, 0.05) is 7.11 Å². The third kappa shape index (κ3) is 6.52. The zero-order chi connectivity index (χ0) is 27.4. The number of terminal acetylenes is 1. The van der Waals surface area contributed by atoms with Crippen molar-refractivity contribution in [3.05, 3.63) is 0 Å². The van der Waals surface area contributed by atoms with Crippen LogP contribution in [0.3, 0.4) is 0 Å². The molecular formula is C22H36O15. The minimum atomic E-state index is -1.68. The highest BCUT2D eigenvalue weighted by molar-refractivity contribution is 4.96. The summed E-state index contributed by atoms with van der Waals surface area (Å²) in [5.41, 5.74) is 0. The van der Waals surface area contributed by atoms with E-state index in [0.29, 0.717) is 0 Å². The van der Waals surface area contributed by atoms with Crippen molar-refractivity contribution in [2.24, 2.45) is 0 Å². The number of aliphatic hydroxyl groups is 8. The molecule has 0 aromatic heterocycles. The monoisotopic (exact) mass is 540 g/mol. The van der Waals surface area contributed by atoms with Gasteiger partial charge in [0.2, 0.25) is 0 Å². The molecule has 0 aromatic carbocycles. The van der Waals surface area contributed by atoms with Crippen molar-refractivity contribution < 1.29 is 74.0 Å². The lowest BCUT2D eigenvalue weighted by Crippen LogP contribution is -2.65. The molecule has 3 aliphatic heterocycles. The molecule has 214 valence electrons. The van der Waals surface area contributed by atoms with Gasteiger partial charge in [-0.1, -0.05) is 6.42 Å². The molecule has 37 heavy (non-hydrogen) atoms. The zero-order valence-electron chi connectivity index (χ0n) is 20.3. The summed E-state index contributed by atoms with van der Waals surface area (Å²) < 4.78 is 37.8. The predicted octanol–water partition coefficient (Wildman–Crippen LogP) is -5.23. The fourth-order valence-corrected chi connectivity index (χ4v) is 4.55. The Morgan fingerprint density at radius 2 is 1.32 bits per heavy atom. The fourth-order valence-electron chi connectivity index (χ4n) is 4.55. The third-order valence-electron chi connectivity index (χ3n) is 6.73. The number of methoxy groups -OCH3 is 1. The number of aliphatic hydroxyl groups excluding tert-OH is 8. The predicted molar refractivity (Wildman–Crippen MR) is 117 cm³/mol. The van der Waals surface area contributed by atoms with E-state index < -0.39 is 105 Å². The Balaban J connectivity index is 1.72. The highest BCUT2D eigenvalue weighted by atomic mass is 16.7. The van der Waals surface area contributed by atoms with Gasteiger partial charge < -0.3 is 74.0 Å². The molecule has 15 nitrogen and oxygen atoms in total. The molecule has 0 spiro atoms. The smallest absolute Gasteiger partial charge is 0.187 e. The summed E-state index contributed by atoms with van der Waals surface area (Å²) in [5.74, 6) is 0. The van der Waals surface area contributed by atoms with Crippen LogP contribution in [0.4, 0.5) is 0 Å². The molecule has 0 amide bonds. The molecule has 15 atom stereocenters. The van der Waals surface area contributed by atoms with Gasteiger partial charge >= 0.3 is 0 Å². The average molecular weight is 541 g/mol. The average Bonchev–Trinajstić information content (AvgIpc) is 2.89. The number of ether oxygens (including phenoxy) is 7. The van der Waals surface area contributed by atoms with Crippen LogP contribution in [0.25, 0.3) is 0 Å². The van der Waals surface area contributed by atoms with Crippen molar-refractivity contribution in [1.29, 1.82) is 0 Å². The van der Waals surface area contributed by atoms with Gasteiger partial charge in [0.1, 0.15) is 86.0 Å². The first-order valence-electron chi connectivity index (χ1n) is 11.8. The van der Waals surface area contributed by atoms with Crippen LogP contribution in [-0.2, 0) is 33.2 Å². The Morgan fingerprint density at radius 1 is 0.703 bits per heavy atom. The second-order valence-corrected chi connectivity index (χ2v) is 9.15. The van der Waals surface area contributed by atoms with Gasteiger partial charge in [-0.3, -0.25) is 0 Å². The van der Waals surface area contributed by atoms with E-state index >= 15 is 0 Å². The Labute approximate surface area is 213 Å². The molecular weight excluding hydrogens is 504 g/mol. The van der Waals surface area contributed by atoms with Gasteiger partial charge in [-0.05, 0) is 6.92 Å². The number of rotatable bonds is 9. The van der Waals surface area contributed by atoms with E-state index in [0.717, 1.165) is 0 Å². The summed E-state index contributed by atoms with van der Waals surface area (Å²) in [7, 11) is 1.26. The summed E-state index contributed by atoms with van der Waals surface area (Å²) >= 11 is 0. The largest absolute Gasteiger partial charge is 0.444 e. The first-order chi connectivity index (χ1) is 17.5. The highest BCUT2D eigenvalue weighted by Crippen LogP contribution is 2.31. The molecule has 15 heteroatoms. The van der Waals surface area contributed by atoms with Crippen LogP contribution in [0.15, 0.2) is 0 Å². The van der Waals surface area contributed by atoms with E-state index in [1.165, 1.54) is 14.0 Å². The Morgan fingerprint density at radius 3 is 1.95 bits per heavy atom. The van der Waals surface area contributed by atoms with Gasteiger partial charge in [0.25, 0.3) is 0 Å². The fraction of sp³-hybridized carbons (Fsp3) is 0.909. The molecule has 0 bridgehead atoms. The molecule has 0 radical (unpaired) electrons. The normalized spacial score (nSPS) is 48.8. The molecule has 8 N–H and O–H groups in total. The lowest BCUT2D eigenvalue weighted by atomic mass is 9.94. The lowest BCUT2D eigenvalue weighted by molar-refractivity contribution is -0.350. The molecule has 3 heterocycles. The first kappa shape index (κ1) is 30.3. The molecule has 3 fully saturated rings. The van der Waals surface area contributed by atoms with Crippen LogP contribution >= 0.6 is 0 Å². The van der Waals surface area contributed by atoms with E-state index in [1.54, 1.807) is 0 Å². The van der Waals surface area contributed by atoms with Crippen molar-refractivity contribution in [3.63, 3.8) is 0 Å². The maximum absolute atomic E-state index is 10.7. The van der Waals surface area contributed by atoms with Crippen molar-refractivity contribution in [2.45, 2.75) is 98.9 Å². The van der Waals surface area contributed by atoms with Gasteiger partial charge in [-0.25, -0.2) is 0 Å². The zero-order valence-corrected chi connectivity index (χ0v) is 20.3. The Kier molecular flexibility index (Phi) is 10.9. The van der Waals surface area contributed by atoms with E-state index in [4.69, 9.17) is 39.6 Å². The summed E-state index contributed by atoms with van der Waals surface area (Å²) in [4.78, 5) is 0. The van der Waals surface area contributed by atoms with Crippen LogP contribution < -0.4 is 0 Å². The van der Waals surface area contributed by atoms with E-state index in [1.807, 2.05) is 6.11 Å². The van der Waals surface area contributed by atoms with Crippen LogP contribution in [0, 0.1) is 12.5 Å². The number of hydrogen-bond acceptors (Lipinski definition) is 15. The molecule has 0 aromatic rings. The lowest BCUT2D eigenvalue weighted by Gasteiger charge is -2.47. The van der Waals surface area contributed by atoms with E-state index in [2.05, 4.69) is 0 Å². The maximum atomic E-state index is 10.7. The van der Waals surface area contributed by atoms with Crippen LogP contribution in [0.1, 0.15) is 6.92 Å². The number of hydrogen-bond donors (Lipinski definition) is 8. The van der Waals surface area contributed by atoms with Crippen LogP contribution in [-0.4, -0.2) is 160 Å². The standard InChI is InChI=1S/C22H36O15/c1-4-32-6-10-13(25)14(26)17(29)21(36-10)33-7-11-20(15(27)12(24)8(2)34-11)37-22-18(30)16(28)19(31-3)9(5-23)35-22/h1,8-30H,5-7H2,2-3H3/t8-,9?,10?,11?,12?,13?,14?,15?,16?,17?,18?,19?,20?,21?,22?/m1/s1. The summed E-state index contributed by atoms with van der Waals surface area (Å²) in [6.45, 7) is 0.176. The molecule has 3 saturated heterocycles. The summed E-state index contributed by atoms with van der Waals surface area (Å²) in [5, 5.41) is 82.0. The van der Waals surface area contributed by atoms with E-state index in [9.17, 15) is 40.9 Å². The SMILES string of the molecule is C#COCC1OC(OCC2O[C@H](C)C(O)C(O)C2OC2OC(CO)C(OC)C(O)C2O)C(O)C(O)C1O. The minimum absolute atomic E-state index is 0.303. The van der Waals surface area contributed by atoms with E-state index in [-0.39, 0.29) is 6.61 Å². The molecule has 0 aliphatic carbocycles. The maximum Gasteiger partial charge on any atom is 0.187 e. The van der Waals surface area contributed by atoms with Gasteiger partial charge in [0.15, 0.2) is 12.6 Å². The molecule has 3 rings (SSSR count). The van der Waals surface area contributed by atoms with Crippen LogP contribution in [0.5, 0.6) is 0 Å². The minimum Gasteiger partial charge on any atom is -0.444 e. The Hall–Kier alpha value is -1.20. The summed E-state index contributed by atoms with van der Waals surface area (Å²) in [6, 6.07) is 0. The molecule has 14 unspecified atom stereocenters. The topological polar surface area (TPSA) is 226 Å². The third-order valence-corrected chi connectivity index (χ3v) is 6.73. The van der Waals surface area contributed by atoms with Gasteiger partial charge in [0.05, 0.1) is 19.3 Å². The van der Waals surface area contributed by atoms with Crippen LogP contribution in [0.2, 0.25) is 0 Å². The summed E-state index contributed by atoms with van der Waals surface area (Å²) in [6.07, 6.45) is -13.8. The van der Waals surface area contributed by atoms with Crippen molar-refractivity contribution in [1.82, 2.24) is 0 Å². The van der Waals surface area contributed by atoms with Gasteiger partial charge in [-0.2, -0.15) is 0 Å². The quantitative estimate of drug-likeness (QED) is 0.128. The Bertz CT molecular complexity index is 748. The van der Waals surface area contributed by atoms with Crippen molar-refractivity contribution in [3.8, 4) is 12.5 Å². The second-order valence-electron chi connectivity index (χ2n) is 9.15. The first-order valence-corrected chi connectivity index (χ1v) is 11.8. The van der Waals surface area contributed by atoms with Gasteiger partial charge in [-0.15, -0.1) is 0 Å². The molecule has 0 saturated carbocycles. The highest BCUT2D eigenvalue weighted by Gasteiger charge is 2.51. The van der Waals surface area contributed by atoms with Crippen molar-refractivity contribution in [2.75, 3.05) is 26.9 Å².